The second kappa shape index (κ2) is 10.3. The Bertz CT molecular complexity index is 418. The topological polar surface area (TPSA) is 44.5 Å². The van der Waals surface area contributed by atoms with Gasteiger partial charge in [0.05, 0.1) is 13.7 Å². The molecule has 0 bridgehead atoms. The molecule has 0 fully saturated rings. The number of benzene rings is 1. The summed E-state index contributed by atoms with van der Waals surface area (Å²) in [6.45, 7) is 6.55. The molecule has 0 heterocycles. The van der Waals surface area contributed by atoms with Crippen LogP contribution in [0.5, 0.6) is 11.5 Å². The Balaban J connectivity index is 2.62. The van der Waals surface area contributed by atoms with Crippen LogP contribution in [0.2, 0.25) is 0 Å². The number of nitrogens with two attached hydrogens (primary N) is 1. The predicted molar refractivity (Wildman–Crippen MR) is 89.1 cm³/mol. The number of rotatable bonds is 11. The van der Waals surface area contributed by atoms with Crippen molar-refractivity contribution in [3.63, 3.8) is 0 Å². The first-order valence-corrected chi connectivity index (χ1v) is 7.88. The van der Waals surface area contributed by atoms with Gasteiger partial charge in [0.25, 0.3) is 0 Å². The van der Waals surface area contributed by atoms with Gasteiger partial charge in [0, 0.05) is 6.04 Å². The van der Waals surface area contributed by atoms with Crippen LogP contribution in [0.15, 0.2) is 30.9 Å². The minimum atomic E-state index is 0.159. The molecule has 0 aliphatic rings. The van der Waals surface area contributed by atoms with Gasteiger partial charge in [0.1, 0.15) is 0 Å². The Labute approximate surface area is 129 Å². The van der Waals surface area contributed by atoms with Crippen molar-refractivity contribution in [2.75, 3.05) is 13.7 Å². The molecule has 0 aromatic heterocycles. The van der Waals surface area contributed by atoms with Gasteiger partial charge >= 0.3 is 0 Å². The van der Waals surface area contributed by atoms with Crippen LogP contribution in [0, 0.1) is 0 Å². The molecule has 0 saturated carbocycles. The molecule has 1 aromatic rings. The van der Waals surface area contributed by atoms with E-state index in [1.54, 1.807) is 7.11 Å². The van der Waals surface area contributed by atoms with Gasteiger partial charge in [0.2, 0.25) is 0 Å². The normalized spacial score (nSPS) is 12.0. The predicted octanol–water partition coefficient (Wildman–Crippen LogP) is 4.10. The fourth-order valence-corrected chi connectivity index (χ4v) is 2.22. The first-order valence-electron chi connectivity index (χ1n) is 7.88. The molecule has 0 aliphatic carbocycles. The Morgan fingerprint density at radius 2 is 2.10 bits per heavy atom. The molecule has 1 atom stereocenters. The van der Waals surface area contributed by atoms with Crippen LogP contribution < -0.4 is 15.2 Å². The molecule has 2 N–H and O–H groups in total. The largest absolute Gasteiger partial charge is 0.493 e. The van der Waals surface area contributed by atoms with E-state index >= 15 is 0 Å². The average Bonchev–Trinajstić information content (AvgIpc) is 2.51. The molecular weight excluding hydrogens is 262 g/mol. The zero-order valence-electron chi connectivity index (χ0n) is 13.4. The standard InChI is InChI=1S/C18H29NO2/c1-4-6-7-8-9-13-21-18-15(14-16(19)5-2)11-10-12-17(18)20-3/h4,10-12,16H,1,5-9,13-14,19H2,2-3H3. The van der Waals surface area contributed by atoms with Crippen molar-refractivity contribution in [1.82, 2.24) is 0 Å². The summed E-state index contributed by atoms with van der Waals surface area (Å²) in [5.41, 5.74) is 7.20. The molecule has 1 aromatic carbocycles. The zero-order chi connectivity index (χ0) is 15.5. The highest BCUT2D eigenvalue weighted by Gasteiger charge is 2.12. The zero-order valence-corrected chi connectivity index (χ0v) is 13.4. The van der Waals surface area contributed by atoms with E-state index in [-0.39, 0.29) is 6.04 Å². The lowest BCUT2D eigenvalue weighted by atomic mass is 10.0. The van der Waals surface area contributed by atoms with Crippen LogP contribution in [0.3, 0.4) is 0 Å². The van der Waals surface area contributed by atoms with Crippen LogP contribution in [0.25, 0.3) is 0 Å². The molecule has 0 amide bonds. The van der Waals surface area contributed by atoms with Gasteiger partial charge < -0.3 is 15.2 Å². The monoisotopic (exact) mass is 291 g/mol. The highest BCUT2D eigenvalue weighted by atomic mass is 16.5. The summed E-state index contributed by atoms with van der Waals surface area (Å²) in [5.74, 6) is 1.65. The Hall–Kier alpha value is -1.48. The lowest BCUT2D eigenvalue weighted by Crippen LogP contribution is -2.21. The lowest BCUT2D eigenvalue weighted by Gasteiger charge is -2.17. The van der Waals surface area contributed by atoms with Crippen molar-refractivity contribution < 1.29 is 9.47 Å². The van der Waals surface area contributed by atoms with Crippen LogP contribution in [-0.4, -0.2) is 19.8 Å². The number of unbranched alkanes of at least 4 members (excludes halogenated alkanes) is 3. The van der Waals surface area contributed by atoms with Gasteiger partial charge in [-0.1, -0.05) is 25.1 Å². The van der Waals surface area contributed by atoms with E-state index in [0.717, 1.165) is 49.2 Å². The molecule has 118 valence electrons. The van der Waals surface area contributed by atoms with Gasteiger partial charge in [-0.2, -0.15) is 0 Å². The van der Waals surface area contributed by atoms with E-state index in [4.69, 9.17) is 15.2 Å². The molecule has 21 heavy (non-hydrogen) atoms. The molecule has 1 unspecified atom stereocenters. The van der Waals surface area contributed by atoms with Crippen LogP contribution in [-0.2, 0) is 6.42 Å². The van der Waals surface area contributed by atoms with Crippen molar-refractivity contribution in [2.24, 2.45) is 5.73 Å². The fraction of sp³-hybridized carbons (Fsp3) is 0.556. The average molecular weight is 291 g/mol. The number of allylic oxidation sites excluding steroid dienone is 1. The molecule has 0 aliphatic heterocycles. The minimum Gasteiger partial charge on any atom is -0.493 e. The third-order valence-corrected chi connectivity index (χ3v) is 3.59. The Kier molecular flexibility index (Phi) is 8.60. The second-order valence-electron chi connectivity index (χ2n) is 5.31. The van der Waals surface area contributed by atoms with E-state index in [0.29, 0.717) is 6.61 Å². The molecular formula is C18H29NO2. The first-order chi connectivity index (χ1) is 10.2. The van der Waals surface area contributed by atoms with E-state index in [2.05, 4.69) is 19.6 Å². The van der Waals surface area contributed by atoms with Crippen LogP contribution >= 0.6 is 0 Å². The number of ether oxygens (including phenoxy) is 2. The summed E-state index contributed by atoms with van der Waals surface area (Å²) in [7, 11) is 1.68. The van der Waals surface area contributed by atoms with Gasteiger partial charge in [0.15, 0.2) is 11.5 Å². The van der Waals surface area contributed by atoms with Crippen molar-refractivity contribution in [2.45, 2.75) is 51.5 Å². The summed E-state index contributed by atoms with van der Waals surface area (Å²) in [6, 6.07) is 6.17. The highest BCUT2D eigenvalue weighted by molar-refractivity contribution is 5.47. The molecule has 3 nitrogen and oxygen atoms in total. The third kappa shape index (κ3) is 6.21. The molecule has 1 rings (SSSR count). The molecule has 0 radical (unpaired) electrons. The highest BCUT2D eigenvalue weighted by Crippen LogP contribution is 2.32. The second-order valence-corrected chi connectivity index (χ2v) is 5.31. The van der Waals surface area contributed by atoms with Crippen molar-refractivity contribution in [1.29, 1.82) is 0 Å². The summed E-state index contributed by atoms with van der Waals surface area (Å²) in [4.78, 5) is 0. The third-order valence-electron chi connectivity index (χ3n) is 3.59. The number of hydrogen-bond acceptors (Lipinski definition) is 3. The molecule has 0 spiro atoms. The van der Waals surface area contributed by atoms with Crippen molar-refractivity contribution in [3.05, 3.63) is 36.4 Å². The quantitative estimate of drug-likeness (QED) is 0.493. The Morgan fingerprint density at radius 1 is 1.29 bits per heavy atom. The van der Waals surface area contributed by atoms with E-state index in [9.17, 15) is 0 Å². The SMILES string of the molecule is C=CCCCCCOc1c(CC(N)CC)cccc1OC. The van der Waals surface area contributed by atoms with Gasteiger partial charge in [-0.3, -0.25) is 0 Å². The maximum Gasteiger partial charge on any atom is 0.164 e. The van der Waals surface area contributed by atoms with Crippen molar-refractivity contribution in [3.8, 4) is 11.5 Å². The summed E-state index contributed by atoms with van der Waals surface area (Å²) >= 11 is 0. The number of hydrogen-bond donors (Lipinski definition) is 1. The van der Waals surface area contributed by atoms with Gasteiger partial charge in [-0.05, 0) is 50.2 Å². The molecule has 3 heteroatoms. The first kappa shape index (κ1) is 17.6. The number of methoxy groups -OCH3 is 1. The van der Waals surface area contributed by atoms with E-state index in [1.165, 1.54) is 6.42 Å². The van der Waals surface area contributed by atoms with Crippen LogP contribution in [0.4, 0.5) is 0 Å². The summed E-state index contributed by atoms with van der Waals surface area (Å²) in [5, 5.41) is 0. The van der Waals surface area contributed by atoms with Crippen LogP contribution in [0.1, 0.15) is 44.6 Å². The van der Waals surface area contributed by atoms with E-state index in [1.807, 2.05) is 18.2 Å². The fourth-order valence-electron chi connectivity index (χ4n) is 2.22. The van der Waals surface area contributed by atoms with Crippen molar-refractivity contribution >= 4 is 0 Å². The number of para-hydroxylation sites is 1. The Morgan fingerprint density at radius 3 is 2.76 bits per heavy atom. The van der Waals surface area contributed by atoms with Gasteiger partial charge in [-0.15, -0.1) is 6.58 Å². The minimum absolute atomic E-state index is 0.159. The maximum absolute atomic E-state index is 6.07. The summed E-state index contributed by atoms with van der Waals surface area (Å²) in [6.07, 6.45) is 8.19. The smallest absolute Gasteiger partial charge is 0.164 e. The molecule has 0 saturated heterocycles. The summed E-state index contributed by atoms with van der Waals surface area (Å²) < 4.78 is 11.4. The maximum atomic E-state index is 6.07. The lowest BCUT2D eigenvalue weighted by molar-refractivity contribution is 0.282. The van der Waals surface area contributed by atoms with Gasteiger partial charge in [-0.25, -0.2) is 0 Å². The van der Waals surface area contributed by atoms with E-state index < -0.39 is 0 Å².